The molecule has 1 saturated heterocycles. The molecule has 3 aliphatic rings. The molecule has 7 heteroatoms. The van der Waals surface area contributed by atoms with E-state index in [1.165, 1.54) is 0 Å². The maximum Gasteiger partial charge on any atom is 0.238 e. The lowest BCUT2D eigenvalue weighted by Crippen LogP contribution is -2.51. The molecule has 0 saturated carbocycles. The smallest absolute Gasteiger partial charge is 0.238 e. The van der Waals surface area contributed by atoms with Crippen molar-refractivity contribution >= 4 is 46.0 Å². The van der Waals surface area contributed by atoms with Crippen LogP contribution in [-0.4, -0.2) is 34.5 Å². The van der Waals surface area contributed by atoms with Crippen molar-refractivity contribution in [3.63, 3.8) is 0 Å². The van der Waals surface area contributed by atoms with Crippen molar-refractivity contribution in [2.24, 2.45) is 5.92 Å². The average Bonchev–Trinajstić information content (AvgIpc) is 3.45. The van der Waals surface area contributed by atoms with E-state index in [2.05, 4.69) is 10.3 Å². The van der Waals surface area contributed by atoms with Crippen molar-refractivity contribution in [2.75, 3.05) is 10.2 Å². The van der Waals surface area contributed by atoms with Gasteiger partial charge in [-0.3, -0.25) is 19.4 Å². The molecule has 0 bridgehead atoms. The van der Waals surface area contributed by atoms with Gasteiger partial charge in [-0.1, -0.05) is 72.3 Å². The zero-order chi connectivity index (χ0) is 27.6. The molecule has 4 heterocycles. The Hall–Kier alpha value is -4.55. The van der Waals surface area contributed by atoms with Crippen LogP contribution in [0.1, 0.15) is 38.9 Å². The first-order valence-corrected chi connectivity index (χ1v) is 13.5. The minimum Gasteiger partial charge on any atom is -0.352 e. The minimum atomic E-state index is -1.39. The second-order valence-corrected chi connectivity index (χ2v) is 10.8. The second kappa shape index (κ2) is 9.00. The topological polar surface area (TPSA) is 79.4 Å². The summed E-state index contributed by atoms with van der Waals surface area (Å²) in [4.78, 5) is 50.0. The monoisotopic (exact) mass is 545 g/mol. The van der Waals surface area contributed by atoms with Crippen molar-refractivity contribution in [1.82, 2.24) is 4.98 Å². The third kappa shape index (κ3) is 3.23. The minimum absolute atomic E-state index is 0.204. The van der Waals surface area contributed by atoms with Crippen molar-refractivity contribution in [2.45, 2.75) is 24.4 Å². The SMILES string of the molecule is CC1=C[C@@H]2N(c3ccccc31)[C@H](C(=O)c1ccccc1Cl)[C@@H](C(=O)c1ccccn1)[C@@]21C(=O)Nc2ccccc21. The third-order valence-corrected chi connectivity index (χ3v) is 8.82. The Morgan fingerprint density at radius 2 is 1.62 bits per heavy atom. The Morgan fingerprint density at radius 1 is 0.900 bits per heavy atom. The highest BCUT2D eigenvalue weighted by molar-refractivity contribution is 6.34. The highest BCUT2D eigenvalue weighted by Crippen LogP contribution is 2.58. The normalized spacial score (nSPS) is 24.1. The van der Waals surface area contributed by atoms with Crippen LogP contribution in [-0.2, 0) is 10.2 Å². The Bertz CT molecular complexity index is 1750. The fourth-order valence-electron chi connectivity index (χ4n) is 6.88. The first-order chi connectivity index (χ1) is 19.4. The van der Waals surface area contributed by atoms with E-state index in [0.29, 0.717) is 21.8 Å². The van der Waals surface area contributed by atoms with Crippen LogP contribution >= 0.6 is 11.6 Å². The summed E-state index contributed by atoms with van der Waals surface area (Å²) < 4.78 is 0. The molecule has 0 unspecified atom stereocenters. The molecule has 7 rings (SSSR count). The molecule has 1 aromatic heterocycles. The van der Waals surface area contributed by atoms with Crippen LogP contribution in [0.15, 0.2) is 103 Å². The van der Waals surface area contributed by atoms with Gasteiger partial charge in [0.25, 0.3) is 0 Å². The van der Waals surface area contributed by atoms with Gasteiger partial charge < -0.3 is 10.2 Å². The number of carbonyl (C=O) groups excluding carboxylic acids is 3. The van der Waals surface area contributed by atoms with Gasteiger partial charge in [-0.25, -0.2) is 0 Å². The first kappa shape index (κ1) is 24.5. The number of ketones is 2. The van der Waals surface area contributed by atoms with Crippen molar-refractivity contribution < 1.29 is 14.4 Å². The van der Waals surface area contributed by atoms with Gasteiger partial charge in [0.05, 0.1) is 17.0 Å². The fraction of sp³-hybridized carbons (Fsp3) is 0.152. The number of anilines is 2. The number of allylic oxidation sites excluding steroid dienone is 1. The summed E-state index contributed by atoms with van der Waals surface area (Å²) in [6.45, 7) is 2.00. The zero-order valence-electron chi connectivity index (χ0n) is 21.5. The number of hydrogen-bond acceptors (Lipinski definition) is 5. The van der Waals surface area contributed by atoms with Crippen LogP contribution in [0.25, 0.3) is 5.57 Å². The molecule has 0 aliphatic carbocycles. The number of pyridine rings is 1. The maximum absolute atomic E-state index is 14.7. The predicted octanol–water partition coefficient (Wildman–Crippen LogP) is 5.98. The number of hydrogen-bond donors (Lipinski definition) is 1. The summed E-state index contributed by atoms with van der Waals surface area (Å²) in [6.07, 6.45) is 3.58. The van der Waals surface area contributed by atoms with E-state index >= 15 is 0 Å². The zero-order valence-corrected chi connectivity index (χ0v) is 22.3. The van der Waals surface area contributed by atoms with Gasteiger partial charge in [-0.2, -0.15) is 0 Å². The summed E-state index contributed by atoms with van der Waals surface area (Å²) in [5.74, 6) is -2.08. The summed E-state index contributed by atoms with van der Waals surface area (Å²) >= 11 is 6.57. The van der Waals surface area contributed by atoms with Crippen molar-refractivity contribution in [1.29, 1.82) is 0 Å². The van der Waals surface area contributed by atoms with Gasteiger partial charge in [0.2, 0.25) is 5.91 Å². The van der Waals surface area contributed by atoms with Crippen LogP contribution < -0.4 is 10.2 Å². The van der Waals surface area contributed by atoms with E-state index in [-0.39, 0.29) is 23.2 Å². The summed E-state index contributed by atoms with van der Waals surface area (Å²) in [7, 11) is 0. The molecule has 1 spiro atoms. The van der Waals surface area contributed by atoms with Crippen molar-refractivity contribution in [3.05, 3.63) is 131 Å². The van der Waals surface area contributed by atoms with E-state index in [9.17, 15) is 14.4 Å². The molecular weight excluding hydrogens is 522 g/mol. The number of nitrogens with zero attached hydrogens (tertiary/aromatic N) is 2. The van der Waals surface area contributed by atoms with Crippen LogP contribution in [0.2, 0.25) is 5.02 Å². The number of para-hydroxylation sites is 2. The third-order valence-electron chi connectivity index (χ3n) is 8.49. The van der Waals surface area contributed by atoms with Gasteiger partial charge in [0, 0.05) is 28.7 Å². The van der Waals surface area contributed by atoms with Gasteiger partial charge in [0.15, 0.2) is 11.6 Å². The molecule has 196 valence electrons. The lowest BCUT2D eigenvalue weighted by molar-refractivity contribution is -0.121. The highest BCUT2D eigenvalue weighted by Gasteiger charge is 2.70. The molecule has 6 nitrogen and oxygen atoms in total. The number of carbonyl (C=O) groups is 3. The Labute approximate surface area is 236 Å². The maximum atomic E-state index is 14.7. The number of rotatable bonds is 4. The lowest BCUT2D eigenvalue weighted by atomic mass is 9.64. The highest BCUT2D eigenvalue weighted by atomic mass is 35.5. The summed E-state index contributed by atoms with van der Waals surface area (Å²) in [5.41, 5.74) is 3.18. The fourth-order valence-corrected chi connectivity index (χ4v) is 7.10. The standard InChI is InChI=1S/C33H24ClN3O3/c1-19-18-27-33(22-12-4-6-14-24(22)36-32(33)40)28(31(39)25-15-8-9-17-35-25)29(30(38)21-11-2-5-13-23(21)34)37(27)26-16-7-3-10-20(19)26/h2-18,27-29H,1H3,(H,36,40)/t27-,28-,29-,33-/m0/s1. The molecular formula is C33H24ClN3O3. The molecule has 0 radical (unpaired) electrons. The van der Waals surface area contributed by atoms with E-state index in [0.717, 1.165) is 16.8 Å². The average molecular weight is 546 g/mol. The van der Waals surface area contributed by atoms with Crippen LogP contribution in [0.4, 0.5) is 11.4 Å². The first-order valence-electron chi connectivity index (χ1n) is 13.2. The Morgan fingerprint density at radius 3 is 2.42 bits per heavy atom. The summed E-state index contributed by atoms with van der Waals surface area (Å²) in [6, 6.07) is 25.6. The Balaban J connectivity index is 1.57. The van der Waals surface area contributed by atoms with E-state index < -0.39 is 23.4 Å². The number of Topliss-reactive ketones (excluding diaryl/α,β-unsaturated/α-hetero) is 2. The van der Waals surface area contributed by atoms with Crippen LogP contribution in [0.3, 0.4) is 0 Å². The van der Waals surface area contributed by atoms with Crippen LogP contribution in [0, 0.1) is 5.92 Å². The molecule has 3 aromatic carbocycles. The van der Waals surface area contributed by atoms with Gasteiger partial charge in [-0.15, -0.1) is 0 Å². The van der Waals surface area contributed by atoms with Gasteiger partial charge in [-0.05, 0) is 54.5 Å². The van der Waals surface area contributed by atoms with E-state index in [4.69, 9.17) is 11.6 Å². The largest absolute Gasteiger partial charge is 0.352 e. The molecule has 1 fully saturated rings. The lowest BCUT2D eigenvalue weighted by Gasteiger charge is -2.39. The second-order valence-electron chi connectivity index (χ2n) is 10.4. The number of amides is 1. The molecule has 1 N–H and O–H groups in total. The molecule has 3 aliphatic heterocycles. The summed E-state index contributed by atoms with van der Waals surface area (Å²) in [5, 5.41) is 3.34. The number of aromatic nitrogens is 1. The number of fused-ring (bicyclic) bond motifs is 6. The van der Waals surface area contributed by atoms with E-state index in [1.54, 1.807) is 48.7 Å². The predicted molar refractivity (Wildman–Crippen MR) is 155 cm³/mol. The van der Waals surface area contributed by atoms with Gasteiger partial charge in [0.1, 0.15) is 17.2 Å². The van der Waals surface area contributed by atoms with Crippen LogP contribution in [0.5, 0.6) is 0 Å². The number of nitrogens with one attached hydrogen (secondary N) is 1. The molecule has 4 aromatic rings. The molecule has 1 amide bonds. The number of halogens is 1. The van der Waals surface area contributed by atoms with Gasteiger partial charge >= 0.3 is 0 Å². The van der Waals surface area contributed by atoms with E-state index in [1.807, 2.05) is 66.4 Å². The molecule has 4 atom stereocenters. The Kier molecular flexibility index (Phi) is 5.51. The quantitative estimate of drug-likeness (QED) is 0.319. The number of benzene rings is 3. The molecule has 40 heavy (non-hydrogen) atoms. The van der Waals surface area contributed by atoms with Crippen molar-refractivity contribution in [3.8, 4) is 0 Å².